The average molecular weight is 380 g/mol. The van der Waals surface area contributed by atoms with Crippen LogP contribution in [0.4, 0.5) is 0 Å². The zero-order valence-electron chi connectivity index (χ0n) is 15.0. The SMILES string of the molecule is O=C(NC(CO)(CO)CO)c1cc(-c2ccccn2)nc(-c2ccccn2)c1. The second-order valence-corrected chi connectivity index (χ2v) is 6.27. The molecule has 0 aliphatic rings. The van der Waals surface area contributed by atoms with Gasteiger partial charge >= 0.3 is 0 Å². The summed E-state index contributed by atoms with van der Waals surface area (Å²) >= 11 is 0. The first kappa shape index (κ1) is 19.6. The molecule has 0 saturated heterocycles. The molecule has 28 heavy (non-hydrogen) atoms. The molecule has 0 atom stereocenters. The van der Waals surface area contributed by atoms with Crippen LogP contribution < -0.4 is 5.32 Å². The van der Waals surface area contributed by atoms with Gasteiger partial charge < -0.3 is 20.6 Å². The van der Waals surface area contributed by atoms with Crippen molar-refractivity contribution in [2.45, 2.75) is 5.54 Å². The van der Waals surface area contributed by atoms with Crippen molar-refractivity contribution < 1.29 is 20.1 Å². The molecular weight excluding hydrogens is 360 g/mol. The molecule has 1 amide bonds. The van der Waals surface area contributed by atoms with Gasteiger partial charge in [0.1, 0.15) is 5.54 Å². The van der Waals surface area contributed by atoms with Gasteiger partial charge in [-0.1, -0.05) is 12.1 Å². The minimum absolute atomic E-state index is 0.232. The van der Waals surface area contributed by atoms with Crippen molar-refractivity contribution in [3.8, 4) is 22.8 Å². The van der Waals surface area contributed by atoms with Gasteiger partial charge in [0.05, 0.1) is 42.6 Å². The Morgan fingerprint density at radius 3 is 1.71 bits per heavy atom. The molecule has 0 aliphatic carbocycles. The number of carbonyl (C=O) groups is 1. The van der Waals surface area contributed by atoms with Gasteiger partial charge in [-0.25, -0.2) is 4.98 Å². The highest BCUT2D eigenvalue weighted by molar-refractivity contribution is 5.96. The first-order chi connectivity index (χ1) is 13.6. The van der Waals surface area contributed by atoms with E-state index in [1.165, 1.54) is 0 Å². The van der Waals surface area contributed by atoms with E-state index in [1.807, 2.05) is 12.1 Å². The number of amides is 1. The summed E-state index contributed by atoms with van der Waals surface area (Å²) in [6.45, 7) is -1.84. The number of carbonyl (C=O) groups excluding carboxylic acids is 1. The number of nitrogens with one attached hydrogen (secondary N) is 1. The van der Waals surface area contributed by atoms with Gasteiger partial charge in [-0.3, -0.25) is 14.8 Å². The highest BCUT2D eigenvalue weighted by Crippen LogP contribution is 2.23. The summed E-state index contributed by atoms with van der Waals surface area (Å²) in [5, 5.41) is 30.9. The van der Waals surface area contributed by atoms with E-state index in [1.54, 1.807) is 48.8 Å². The van der Waals surface area contributed by atoms with Crippen LogP contribution >= 0.6 is 0 Å². The quantitative estimate of drug-likeness (QED) is 0.474. The first-order valence-electron chi connectivity index (χ1n) is 8.61. The lowest BCUT2D eigenvalue weighted by Crippen LogP contribution is -2.57. The van der Waals surface area contributed by atoms with Crippen molar-refractivity contribution in [3.63, 3.8) is 0 Å². The summed E-state index contributed by atoms with van der Waals surface area (Å²) in [6, 6.07) is 13.8. The van der Waals surface area contributed by atoms with Gasteiger partial charge in [0.15, 0.2) is 0 Å². The fourth-order valence-corrected chi connectivity index (χ4v) is 2.53. The second-order valence-electron chi connectivity index (χ2n) is 6.27. The predicted octanol–water partition coefficient (Wildman–Crippen LogP) is 0.651. The van der Waals surface area contributed by atoms with Gasteiger partial charge in [-0.05, 0) is 36.4 Å². The molecule has 8 nitrogen and oxygen atoms in total. The Labute approximate surface area is 161 Å². The largest absolute Gasteiger partial charge is 0.394 e. The van der Waals surface area contributed by atoms with Crippen LogP contribution in [0.1, 0.15) is 10.4 Å². The molecule has 8 heteroatoms. The molecule has 3 heterocycles. The molecule has 144 valence electrons. The first-order valence-corrected chi connectivity index (χ1v) is 8.61. The maximum Gasteiger partial charge on any atom is 0.252 e. The van der Waals surface area contributed by atoms with E-state index in [0.717, 1.165) is 0 Å². The van der Waals surface area contributed by atoms with Crippen LogP contribution in [0.5, 0.6) is 0 Å². The number of pyridine rings is 3. The Kier molecular flexibility index (Phi) is 6.05. The van der Waals surface area contributed by atoms with E-state index < -0.39 is 31.3 Å². The van der Waals surface area contributed by atoms with Crippen LogP contribution in [0, 0.1) is 0 Å². The Morgan fingerprint density at radius 1 is 0.821 bits per heavy atom. The summed E-state index contributed by atoms with van der Waals surface area (Å²) in [5.41, 5.74) is 0.791. The van der Waals surface area contributed by atoms with Crippen LogP contribution in [0.3, 0.4) is 0 Å². The van der Waals surface area contributed by atoms with Gasteiger partial charge in [0.2, 0.25) is 0 Å². The smallest absolute Gasteiger partial charge is 0.252 e. The Morgan fingerprint density at radius 2 is 1.32 bits per heavy atom. The van der Waals surface area contributed by atoms with Crippen molar-refractivity contribution in [2.75, 3.05) is 19.8 Å². The molecular formula is C20H20N4O4. The summed E-state index contributed by atoms with van der Waals surface area (Å²) in [5.74, 6) is -0.575. The summed E-state index contributed by atoms with van der Waals surface area (Å²) in [7, 11) is 0. The molecule has 0 saturated carbocycles. The maximum atomic E-state index is 12.8. The van der Waals surface area contributed by atoms with Crippen molar-refractivity contribution in [3.05, 3.63) is 66.5 Å². The van der Waals surface area contributed by atoms with E-state index in [2.05, 4.69) is 20.3 Å². The van der Waals surface area contributed by atoms with Crippen LogP contribution in [-0.2, 0) is 0 Å². The van der Waals surface area contributed by atoms with Crippen LogP contribution in [0.2, 0.25) is 0 Å². The average Bonchev–Trinajstić information content (AvgIpc) is 2.78. The highest BCUT2D eigenvalue weighted by Gasteiger charge is 2.30. The van der Waals surface area contributed by atoms with Gasteiger partial charge in [-0.2, -0.15) is 0 Å². The molecule has 3 aromatic heterocycles. The number of aliphatic hydroxyl groups is 3. The molecule has 0 radical (unpaired) electrons. The standard InChI is InChI=1S/C20H20N4O4/c25-11-20(12-26,13-27)24-19(28)14-9-17(15-5-1-3-7-21-15)23-18(10-14)16-6-2-4-8-22-16/h1-10,25-27H,11-13H2,(H,24,28). The zero-order valence-corrected chi connectivity index (χ0v) is 15.0. The third kappa shape index (κ3) is 4.20. The Hall–Kier alpha value is -3.20. The van der Waals surface area contributed by atoms with Crippen LogP contribution in [-0.4, -0.2) is 61.5 Å². The summed E-state index contributed by atoms with van der Waals surface area (Å²) in [4.78, 5) is 25.9. The molecule has 0 aliphatic heterocycles. The number of aliphatic hydroxyl groups excluding tert-OH is 3. The molecule has 0 bridgehead atoms. The number of hydrogen-bond donors (Lipinski definition) is 4. The third-order valence-corrected chi connectivity index (χ3v) is 4.23. The van der Waals surface area contributed by atoms with Crippen molar-refractivity contribution in [1.82, 2.24) is 20.3 Å². The van der Waals surface area contributed by atoms with Crippen molar-refractivity contribution in [1.29, 1.82) is 0 Å². The number of hydrogen-bond acceptors (Lipinski definition) is 7. The van der Waals surface area contributed by atoms with E-state index in [0.29, 0.717) is 22.8 Å². The lowest BCUT2D eigenvalue weighted by atomic mass is 10.0. The normalized spacial score (nSPS) is 11.2. The minimum atomic E-state index is -1.53. The number of aromatic nitrogens is 3. The summed E-state index contributed by atoms with van der Waals surface area (Å²) < 4.78 is 0. The van der Waals surface area contributed by atoms with E-state index in [-0.39, 0.29) is 5.56 Å². The highest BCUT2D eigenvalue weighted by atomic mass is 16.3. The summed E-state index contributed by atoms with van der Waals surface area (Å²) in [6.07, 6.45) is 3.25. The Bertz CT molecular complexity index is 865. The monoisotopic (exact) mass is 380 g/mol. The molecule has 3 aromatic rings. The number of nitrogens with zero attached hydrogens (tertiary/aromatic N) is 3. The molecule has 4 N–H and O–H groups in total. The van der Waals surface area contributed by atoms with Crippen LogP contribution in [0.25, 0.3) is 22.8 Å². The van der Waals surface area contributed by atoms with E-state index >= 15 is 0 Å². The lowest BCUT2D eigenvalue weighted by Gasteiger charge is -2.28. The van der Waals surface area contributed by atoms with Gasteiger partial charge in [0, 0.05) is 18.0 Å². The molecule has 0 spiro atoms. The fourth-order valence-electron chi connectivity index (χ4n) is 2.53. The van der Waals surface area contributed by atoms with E-state index in [4.69, 9.17) is 0 Å². The van der Waals surface area contributed by atoms with E-state index in [9.17, 15) is 20.1 Å². The van der Waals surface area contributed by atoms with Gasteiger partial charge in [-0.15, -0.1) is 0 Å². The Balaban J connectivity index is 2.06. The van der Waals surface area contributed by atoms with Crippen LogP contribution in [0.15, 0.2) is 60.9 Å². The van der Waals surface area contributed by atoms with Gasteiger partial charge in [0.25, 0.3) is 5.91 Å². The molecule has 0 aromatic carbocycles. The van der Waals surface area contributed by atoms with Crippen molar-refractivity contribution in [2.24, 2.45) is 0 Å². The maximum absolute atomic E-state index is 12.8. The topological polar surface area (TPSA) is 128 Å². The molecule has 0 fully saturated rings. The predicted molar refractivity (Wildman–Crippen MR) is 102 cm³/mol. The number of rotatable bonds is 7. The third-order valence-electron chi connectivity index (χ3n) is 4.23. The fraction of sp³-hybridized carbons (Fsp3) is 0.200. The molecule has 0 unspecified atom stereocenters. The minimum Gasteiger partial charge on any atom is -0.394 e. The lowest BCUT2D eigenvalue weighted by molar-refractivity contribution is 0.0375. The second kappa shape index (κ2) is 8.66. The zero-order chi connectivity index (χ0) is 20.0. The van der Waals surface area contributed by atoms with Crippen molar-refractivity contribution >= 4 is 5.91 Å². The molecule has 3 rings (SSSR count).